The largest absolute Gasteiger partial charge is 0.487 e. The Labute approximate surface area is 181 Å². The van der Waals surface area contributed by atoms with Crippen LogP contribution in [0, 0.1) is 0 Å². The minimum absolute atomic E-state index is 0.0375. The molecule has 6 heteroatoms. The molecule has 1 fully saturated rings. The number of rotatable bonds is 6. The minimum Gasteiger partial charge on any atom is -0.487 e. The summed E-state index contributed by atoms with van der Waals surface area (Å²) in [6.07, 6.45) is 4.85. The van der Waals surface area contributed by atoms with Gasteiger partial charge in [0.15, 0.2) is 0 Å². The second-order valence-electron chi connectivity index (χ2n) is 7.76. The van der Waals surface area contributed by atoms with E-state index in [2.05, 4.69) is 10.3 Å². The Morgan fingerprint density at radius 3 is 2.81 bits per heavy atom. The molecule has 6 nitrogen and oxygen atoms in total. The number of nitrogens with one attached hydrogen (secondary N) is 1. The molecule has 156 valence electrons. The Morgan fingerprint density at radius 1 is 1.06 bits per heavy atom. The third kappa shape index (κ3) is 4.38. The van der Waals surface area contributed by atoms with E-state index in [0.717, 1.165) is 30.0 Å². The Morgan fingerprint density at radius 2 is 1.94 bits per heavy atom. The van der Waals surface area contributed by atoms with Gasteiger partial charge in [-0.05, 0) is 48.9 Å². The number of benzene rings is 2. The maximum atomic E-state index is 13.0. The van der Waals surface area contributed by atoms with Gasteiger partial charge in [-0.3, -0.25) is 4.79 Å². The smallest absolute Gasteiger partial charge is 0.254 e. The number of hydrogen-bond acceptors (Lipinski definition) is 4. The van der Waals surface area contributed by atoms with Crippen LogP contribution in [-0.4, -0.2) is 39.3 Å². The Bertz CT molecular complexity index is 1160. The van der Waals surface area contributed by atoms with Gasteiger partial charge in [-0.15, -0.1) is 0 Å². The van der Waals surface area contributed by atoms with Crippen molar-refractivity contribution in [3.8, 4) is 5.75 Å². The minimum atomic E-state index is 0.0375. The van der Waals surface area contributed by atoms with Gasteiger partial charge < -0.3 is 19.4 Å². The molecule has 4 aromatic rings. The Kier molecular flexibility index (Phi) is 5.27. The van der Waals surface area contributed by atoms with Crippen molar-refractivity contribution in [1.82, 2.24) is 14.3 Å². The highest BCUT2D eigenvalue weighted by Gasteiger charge is 2.27. The van der Waals surface area contributed by atoms with Crippen molar-refractivity contribution < 1.29 is 9.53 Å². The number of carbonyl (C=O) groups excluding carboxylic acids is 1. The SMILES string of the molecule is O=C(c1cccc(OCc2cn3ccccc3n2)c1)N1CCC(Nc2ccccc2)C1. The quantitative estimate of drug-likeness (QED) is 0.515. The molecule has 1 saturated heterocycles. The van der Waals surface area contributed by atoms with E-state index in [1.807, 2.05) is 94.5 Å². The molecule has 5 rings (SSSR count). The summed E-state index contributed by atoms with van der Waals surface area (Å²) in [5, 5.41) is 3.51. The predicted octanol–water partition coefficient (Wildman–Crippen LogP) is 4.24. The van der Waals surface area contributed by atoms with Crippen LogP contribution in [0.25, 0.3) is 5.65 Å². The Hall–Kier alpha value is -3.80. The number of anilines is 1. The Balaban J connectivity index is 1.21. The van der Waals surface area contributed by atoms with E-state index in [4.69, 9.17) is 4.74 Å². The van der Waals surface area contributed by atoms with Gasteiger partial charge in [0.2, 0.25) is 0 Å². The van der Waals surface area contributed by atoms with Crippen LogP contribution in [0.1, 0.15) is 22.5 Å². The standard InChI is InChI=1S/C25H24N4O2/c30-25(29-14-12-21(16-29)26-20-8-2-1-3-9-20)19-7-6-10-23(15-19)31-18-22-17-28-13-5-4-11-24(28)27-22/h1-11,13,15,17,21,26H,12,14,16,18H2. The number of carbonyl (C=O) groups is 1. The molecule has 1 unspecified atom stereocenters. The number of ether oxygens (including phenoxy) is 1. The lowest BCUT2D eigenvalue weighted by Gasteiger charge is -2.18. The van der Waals surface area contributed by atoms with Crippen molar-refractivity contribution in [3.05, 3.63) is 96.4 Å². The summed E-state index contributed by atoms with van der Waals surface area (Å²) in [6, 6.07) is 23.7. The second kappa shape index (κ2) is 8.52. The highest BCUT2D eigenvalue weighted by Crippen LogP contribution is 2.21. The number of pyridine rings is 1. The van der Waals surface area contributed by atoms with Gasteiger partial charge in [-0.2, -0.15) is 0 Å². The molecule has 1 aliphatic rings. The maximum Gasteiger partial charge on any atom is 0.254 e. The number of para-hydroxylation sites is 1. The topological polar surface area (TPSA) is 58.9 Å². The highest BCUT2D eigenvalue weighted by atomic mass is 16.5. The van der Waals surface area contributed by atoms with Gasteiger partial charge in [0.25, 0.3) is 5.91 Å². The lowest BCUT2D eigenvalue weighted by molar-refractivity contribution is 0.0791. The van der Waals surface area contributed by atoms with Crippen LogP contribution < -0.4 is 10.1 Å². The number of amides is 1. The number of likely N-dealkylation sites (tertiary alicyclic amines) is 1. The zero-order valence-electron chi connectivity index (χ0n) is 17.1. The number of hydrogen-bond donors (Lipinski definition) is 1. The third-order valence-electron chi connectivity index (χ3n) is 5.50. The van der Waals surface area contributed by atoms with E-state index < -0.39 is 0 Å². The number of nitrogens with zero attached hydrogens (tertiary/aromatic N) is 3. The molecule has 1 amide bonds. The molecule has 0 spiro atoms. The van der Waals surface area contributed by atoms with E-state index in [9.17, 15) is 4.79 Å². The molecule has 2 aromatic heterocycles. The number of fused-ring (bicyclic) bond motifs is 1. The molecule has 1 N–H and O–H groups in total. The molecule has 0 bridgehead atoms. The fourth-order valence-electron chi connectivity index (χ4n) is 3.95. The monoisotopic (exact) mass is 412 g/mol. The first kappa shape index (κ1) is 19.2. The summed E-state index contributed by atoms with van der Waals surface area (Å²) >= 11 is 0. The maximum absolute atomic E-state index is 13.0. The third-order valence-corrected chi connectivity index (χ3v) is 5.50. The summed E-state index contributed by atoms with van der Waals surface area (Å²) in [4.78, 5) is 19.5. The van der Waals surface area contributed by atoms with Crippen LogP contribution in [0.5, 0.6) is 5.75 Å². The van der Waals surface area contributed by atoms with E-state index >= 15 is 0 Å². The number of imidazole rings is 1. The zero-order valence-corrected chi connectivity index (χ0v) is 17.1. The van der Waals surface area contributed by atoms with Gasteiger partial charge in [0.05, 0.1) is 5.69 Å². The van der Waals surface area contributed by atoms with E-state index in [-0.39, 0.29) is 11.9 Å². The summed E-state index contributed by atoms with van der Waals surface area (Å²) in [7, 11) is 0. The van der Waals surface area contributed by atoms with Crippen LogP contribution in [0.4, 0.5) is 5.69 Å². The molecular formula is C25H24N4O2. The molecule has 0 radical (unpaired) electrons. The molecule has 3 heterocycles. The van der Waals surface area contributed by atoms with Crippen molar-refractivity contribution in [2.45, 2.75) is 19.1 Å². The van der Waals surface area contributed by atoms with Crippen molar-refractivity contribution in [2.24, 2.45) is 0 Å². The lowest BCUT2D eigenvalue weighted by Crippen LogP contribution is -2.31. The van der Waals surface area contributed by atoms with Gasteiger partial charge in [0.1, 0.15) is 18.0 Å². The summed E-state index contributed by atoms with van der Waals surface area (Å²) < 4.78 is 7.88. The van der Waals surface area contributed by atoms with E-state index in [0.29, 0.717) is 24.5 Å². The first-order valence-electron chi connectivity index (χ1n) is 10.5. The first-order chi connectivity index (χ1) is 15.2. The normalized spacial score (nSPS) is 15.9. The molecule has 0 saturated carbocycles. The van der Waals surface area contributed by atoms with Crippen LogP contribution in [0.2, 0.25) is 0 Å². The predicted molar refractivity (Wildman–Crippen MR) is 120 cm³/mol. The zero-order chi connectivity index (χ0) is 21.0. The van der Waals surface area contributed by atoms with Crippen molar-refractivity contribution in [3.63, 3.8) is 0 Å². The molecule has 31 heavy (non-hydrogen) atoms. The number of aromatic nitrogens is 2. The van der Waals surface area contributed by atoms with Gasteiger partial charge in [0, 0.05) is 42.8 Å². The van der Waals surface area contributed by atoms with Gasteiger partial charge >= 0.3 is 0 Å². The molecule has 1 aliphatic heterocycles. The average molecular weight is 412 g/mol. The lowest BCUT2D eigenvalue weighted by atomic mass is 10.2. The highest BCUT2D eigenvalue weighted by molar-refractivity contribution is 5.94. The van der Waals surface area contributed by atoms with Crippen LogP contribution in [0.3, 0.4) is 0 Å². The molecule has 2 aromatic carbocycles. The second-order valence-corrected chi connectivity index (χ2v) is 7.76. The van der Waals surface area contributed by atoms with E-state index in [1.54, 1.807) is 0 Å². The molecule has 1 atom stereocenters. The van der Waals surface area contributed by atoms with E-state index in [1.165, 1.54) is 0 Å². The fraction of sp³-hybridized carbons (Fsp3) is 0.200. The van der Waals surface area contributed by atoms with Crippen LogP contribution >= 0.6 is 0 Å². The van der Waals surface area contributed by atoms with Crippen LogP contribution in [0.15, 0.2) is 85.2 Å². The van der Waals surface area contributed by atoms with Crippen molar-refractivity contribution in [2.75, 3.05) is 18.4 Å². The first-order valence-corrected chi connectivity index (χ1v) is 10.5. The van der Waals surface area contributed by atoms with Gasteiger partial charge in [-0.25, -0.2) is 4.98 Å². The van der Waals surface area contributed by atoms with Crippen LogP contribution in [-0.2, 0) is 6.61 Å². The molecule has 0 aliphatic carbocycles. The summed E-state index contributed by atoms with van der Waals surface area (Å²) in [5.41, 5.74) is 3.46. The van der Waals surface area contributed by atoms with Gasteiger partial charge in [-0.1, -0.05) is 30.3 Å². The average Bonchev–Trinajstić information content (AvgIpc) is 3.45. The molecular weight excluding hydrogens is 388 g/mol. The fourth-order valence-corrected chi connectivity index (χ4v) is 3.95. The van der Waals surface area contributed by atoms with Crippen molar-refractivity contribution >= 4 is 17.2 Å². The summed E-state index contributed by atoms with van der Waals surface area (Å²) in [5.74, 6) is 0.705. The van der Waals surface area contributed by atoms with Crippen molar-refractivity contribution in [1.29, 1.82) is 0 Å². The summed E-state index contributed by atoms with van der Waals surface area (Å²) in [6.45, 7) is 1.79.